The molecule has 0 saturated carbocycles. The van der Waals surface area contributed by atoms with E-state index in [4.69, 9.17) is 9.47 Å². The van der Waals surface area contributed by atoms with Crippen LogP contribution in [0.15, 0.2) is 53.5 Å². The van der Waals surface area contributed by atoms with Gasteiger partial charge >= 0.3 is 0 Å². The molecule has 0 aliphatic carbocycles. The molecule has 4 rings (SSSR count). The Morgan fingerprint density at radius 1 is 1.23 bits per heavy atom. The van der Waals surface area contributed by atoms with E-state index in [9.17, 15) is 9.59 Å². The van der Waals surface area contributed by atoms with Gasteiger partial charge in [0.15, 0.2) is 23.9 Å². The van der Waals surface area contributed by atoms with E-state index in [1.165, 1.54) is 6.07 Å². The van der Waals surface area contributed by atoms with Crippen molar-refractivity contribution >= 4 is 5.91 Å². The molecule has 1 aliphatic rings. The Hall–Kier alpha value is -3.68. The number of aryl methyl sites for hydroxylation is 1. The highest BCUT2D eigenvalue weighted by Gasteiger charge is 2.29. The number of H-pyrrole nitrogens is 1. The van der Waals surface area contributed by atoms with E-state index in [-0.39, 0.29) is 24.0 Å². The van der Waals surface area contributed by atoms with E-state index in [1.807, 2.05) is 25.1 Å². The summed E-state index contributed by atoms with van der Waals surface area (Å²) in [5.41, 5.74) is 2.09. The molecule has 8 nitrogen and oxygen atoms in total. The summed E-state index contributed by atoms with van der Waals surface area (Å²) < 4.78 is 11.0. The van der Waals surface area contributed by atoms with Crippen LogP contribution in [0.1, 0.15) is 23.6 Å². The molecule has 31 heavy (non-hydrogen) atoms. The summed E-state index contributed by atoms with van der Waals surface area (Å²) in [6.07, 6.45) is 2.39. The number of carbonyl (C=O) groups excluding carboxylic acids is 1. The number of hydrogen-bond acceptors (Lipinski definition) is 6. The molecule has 160 valence electrons. The lowest BCUT2D eigenvalue weighted by atomic mass is 10.0. The largest absolute Gasteiger partial charge is 0.493 e. The number of nitrogens with one attached hydrogen (secondary N) is 1. The topological polar surface area (TPSA) is 97.4 Å². The van der Waals surface area contributed by atoms with Crippen molar-refractivity contribution in [3.05, 3.63) is 70.3 Å². The average Bonchev–Trinajstić information content (AvgIpc) is 3.29. The van der Waals surface area contributed by atoms with Gasteiger partial charge in [-0.3, -0.25) is 14.6 Å². The molecule has 1 atom stereocenters. The number of methoxy groups -OCH3 is 1. The number of amides is 1. The van der Waals surface area contributed by atoms with Gasteiger partial charge in [-0.15, -0.1) is 0 Å². The van der Waals surface area contributed by atoms with Gasteiger partial charge in [-0.05, 0) is 43.2 Å². The third-order valence-corrected chi connectivity index (χ3v) is 5.30. The maximum Gasteiger partial charge on any atom is 0.260 e. The number of aromatic nitrogens is 3. The Morgan fingerprint density at radius 3 is 2.87 bits per heavy atom. The summed E-state index contributed by atoms with van der Waals surface area (Å²) >= 11 is 0. The smallest absolute Gasteiger partial charge is 0.260 e. The predicted molar refractivity (Wildman–Crippen MR) is 115 cm³/mol. The Balaban J connectivity index is 1.42. The van der Waals surface area contributed by atoms with Crippen LogP contribution in [0.2, 0.25) is 0 Å². The van der Waals surface area contributed by atoms with Crippen LogP contribution in [0.25, 0.3) is 11.5 Å². The van der Waals surface area contributed by atoms with E-state index >= 15 is 0 Å². The molecule has 1 fully saturated rings. The standard InChI is InChI=1S/C23H24N4O4/c1-15-6-7-19(20(11-15)30-2)31-14-22(29)27-10-8-16(13-27)18-12-21(28)26-23(25-18)17-5-3-4-9-24-17/h3-7,9,11-12,16H,8,10,13-14H2,1-2H3,(H,25,26,28)/t16-/m0/s1. The molecule has 1 aliphatic heterocycles. The normalized spacial score (nSPS) is 15.7. The van der Waals surface area contributed by atoms with Crippen LogP contribution in [0.3, 0.4) is 0 Å². The minimum Gasteiger partial charge on any atom is -0.493 e. The van der Waals surface area contributed by atoms with Gasteiger partial charge < -0.3 is 19.4 Å². The van der Waals surface area contributed by atoms with Gasteiger partial charge in [-0.25, -0.2) is 4.98 Å². The van der Waals surface area contributed by atoms with E-state index in [0.717, 1.165) is 12.0 Å². The van der Waals surface area contributed by atoms with Crippen molar-refractivity contribution in [1.29, 1.82) is 0 Å². The van der Waals surface area contributed by atoms with Gasteiger partial charge in [0, 0.05) is 31.3 Å². The van der Waals surface area contributed by atoms with Gasteiger partial charge in [-0.1, -0.05) is 12.1 Å². The Morgan fingerprint density at radius 2 is 2.10 bits per heavy atom. The molecular formula is C23H24N4O4. The number of hydrogen-bond donors (Lipinski definition) is 1. The van der Waals surface area contributed by atoms with Gasteiger partial charge in [-0.2, -0.15) is 0 Å². The quantitative estimate of drug-likeness (QED) is 0.658. The molecule has 8 heteroatoms. The lowest BCUT2D eigenvalue weighted by molar-refractivity contribution is -0.132. The minimum absolute atomic E-state index is 0.0115. The third kappa shape index (κ3) is 4.74. The fourth-order valence-corrected chi connectivity index (χ4v) is 3.66. The van der Waals surface area contributed by atoms with Crippen LogP contribution in [-0.4, -0.2) is 52.6 Å². The Labute approximate surface area is 179 Å². The number of carbonyl (C=O) groups is 1. The number of benzene rings is 1. The van der Waals surface area contributed by atoms with E-state index < -0.39 is 0 Å². The van der Waals surface area contributed by atoms with Gasteiger partial charge in [0.1, 0.15) is 5.69 Å². The van der Waals surface area contributed by atoms with Crippen molar-refractivity contribution in [2.24, 2.45) is 0 Å². The molecule has 0 radical (unpaired) electrons. The van der Waals surface area contributed by atoms with Crippen molar-refractivity contribution in [1.82, 2.24) is 19.9 Å². The first-order valence-corrected chi connectivity index (χ1v) is 10.1. The summed E-state index contributed by atoms with van der Waals surface area (Å²) in [4.78, 5) is 38.2. The zero-order chi connectivity index (χ0) is 21.8. The maximum atomic E-state index is 12.7. The van der Waals surface area contributed by atoms with Crippen LogP contribution < -0.4 is 15.0 Å². The molecule has 1 N–H and O–H groups in total. The van der Waals surface area contributed by atoms with Gasteiger partial charge in [0.2, 0.25) is 0 Å². The lowest BCUT2D eigenvalue weighted by Gasteiger charge is -2.18. The number of pyridine rings is 1. The van der Waals surface area contributed by atoms with E-state index in [2.05, 4.69) is 15.0 Å². The molecule has 3 heterocycles. The first-order valence-electron chi connectivity index (χ1n) is 10.1. The SMILES string of the molecule is COc1cc(C)ccc1OCC(=O)N1CC[C@H](c2cc(=O)[nH]c(-c3ccccn3)n2)C1. The van der Waals surface area contributed by atoms with Crippen molar-refractivity contribution in [2.75, 3.05) is 26.8 Å². The summed E-state index contributed by atoms with van der Waals surface area (Å²) in [7, 11) is 1.57. The van der Waals surface area contributed by atoms with Crippen LogP contribution in [0.4, 0.5) is 0 Å². The fourth-order valence-electron chi connectivity index (χ4n) is 3.66. The van der Waals surface area contributed by atoms with Crippen molar-refractivity contribution in [2.45, 2.75) is 19.3 Å². The average molecular weight is 420 g/mol. The monoisotopic (exact) mass is 420 g/mol. The van der Waals surface area contributed by atoms with Crippen molar-refractivity contribution < 1.29 is 14.3 Å². The molecule has 0 spiro atoms. The second-order valence-electron chi connectivity index (χ2n) is 7.50. The molecule has 0 unspecified atom stereocenters. The first-order chi connectivity index (χ1) is 15.0. The number of nitrogens with zero attached hydrogens (tertiary/aromatic N) is 3. The molecule has 1 aromatic carbocycles. The summed E-state index contributed by atoms with van der Waals surface area (Å²) in [5, 5.41) is 0. The van der Waals surface area contributed by atoms with Crippen LogP contribution in [-0.2, 0) is 4.79 Å². The maximum absolute atomic E-state index is 12.7. The molecule has 3 aromatic rings. The number of aromatic amines is 1. The Bertz CT molecular complexity index is 1130. The van der Waals surface area contributed by atoms with Crippen molar-refractivity contribution in [3.8, 4) is 23.0 Å². The predicted octanol–water partition coefficient (Wildman–Crippen LogP) is 2.54. The summed E-state index contributed by atoms with van der Waals surface area (Å²) in [6, 6.07) is 12.5. The number of rotatable bonds is 6. The third-order valence-electron chi connectivity index (χ3n) is 5.30. The number of likely N-dealkylation sites (tertiary alicyclic amines) is 1. The van der Waals surface area contributed by atoms with Gasteiger partial charge in [0.25, 0.3) is 11.5 Å². The lowest BCUT2D eigenvalue weighted by Crippen LogP contribution is -2.33. The fraction of sp³-hybridized carbons (Fsp3) is 0.304. The summed E-state index contributed by atoms with van der Waals surface area (Å²) in [5.74, 6) is 1.44. The van der Waals surface area contributed by atoms with Crippen molar-refractivity contribution in [3.63, 3.8) is 0 Å². The molecular weight excluding hydrogens is 396 g/mol. The second-order valence-corrected chi connectivity index (χ2v) is 7.50. The zero-order valence-electron chi connectivity index (χ0n) is 17.5. The minimum atomic E-state index is -0.231. The van der Waals surface area contributed by atoms with Crippen LogP contribution in [0, 0.1) is 6.92 Å². The van der Waals surface area contributed by atoms with Crippen LogP contribution in [0.5, 0.6) is 11.5 Å². The van der Waals surface area contributed by atoms with Crippen LogP contribution >= 0.6 is 0 Å². The molecule has 1 saturated heterocycles. The van der Waals surface area contributed by atoms with E-state index in [1.54, 1.807) is 36.4 Å². The summed E-state index contributed by atoms with van der Waals surface area (Å²) in [6.45, 7) is 2.97. The number of ether oxygens (including phenoxy) is 2. The highest BCUT2D eigenvalue weighted by molar-refractivity contribution is 5.78. The molecule has 2 aromatic heterocycles. The van der Waals surface area contributed by atoms with Gasteiger partial charge in [0.05, 0.1) is 12.8 Å². The molecule has 0 bridgehead atoms. The Kier molecular flexibility index (Phi) is 5.97. The highest BCUT2D eigenvalue weighted by Crippen LogP contribution is 2.29. The second kappa shape index (κ2) is 8.99. The molecule has 1 amide bonds. The van der Waals surface area contributed by atoms with E-state index in [0.29, 0.717) is 41.8 Å². The first kappa shape index (κ1) is 20.6. The highest BCUT2D eigenvalue weighted by atomic mass is 16.5. The zero-order valence-corrected chi connectivity index (χ0v) is 17.5.